The zero-order valence-corrected chi connectivity index (χ0v) is 12.4. The lowest BCUT2D eigenvalue weighted by molar-refractivity contribution is 0.292. The Morgan fingerprint density at radius 3 is 2.68 bits per heavy atom. The van der Waals surface area contributed by atoms with Gasteiger partial charge >= 0.3 is 0 Å². The third-order valence-electron chi connectivity index (χ3n) is 5.55. The summed E-state index contributed by atoms with van der Waals surface area (Å²) in [6.07, 6.45) is 7.46. The second kappa shape index (κ2) is 5.66. The third kappa shape index (κ3) is 2.72. The Balaban J connectivity index is 1.73. The molecule has 1 heteroatoms. The second-order valence-electron chi connectivity index (χ2n) is 6.78. The monoisotopic (exact) mass is 257 g/mol. The maximum atomic E-state index is 3.41. The zero-order chi connectivity index (χ0) is 13.2. The Kier molecular flexibility index (Phi) is 3.93. The van der Waals surface area contributed by atoms with Crippen molar-refractivity contribution >= 4 is 0 Å². The van der Waals surface area contributed by atoms with Gasteiger partial charge in [0.25, 0.3) is 0 Å². The maximum absolute atomic E-state index is 3.41. The minimum atomic E-state index is 0.704. The molecule has 0 aromatic heterocycles. The van der Waals surface area contributed by atoms with Crippen molar-refractivity contribution in [2.75, 3.05) is 13.6 Å². The molecule has 0 saturated heterocycles. The molecule has 2 fully saturated rings. The van der Waals surface area contributed by atoms with E-state index in [0.29, 0.717) is 5.92 Å². The summed E-state index contributed by atoms with van der Waals surface area (Å²) >= 11 is 0. The molecule has 2 saturated carbocycles. The van der Waals surface area contributed by atoms with Crippen molar-refractivity contribution in [3.63, 3.8) is 0 Å². The van der Waals surface area contributed by atoms with Gasteiger partial charge in [-0.25, -0.2) is 0 Å². The van der Waals surface area contributed by atoms with E-state index in [9.17, 15) is 0 Å². The van der Waals surface area contributed by atoms with Crippen molar-refractivity contribution in [1.82, 2.24) is 5.32 Å². The fraction of sp³-hybridized carbons (Fsp3) is 0.667. The fourth-order valence-corrected chi connectivity index (χ4v) is 4.64. The average molecular weight is 257 g/mol. The van der Waals surface area contributed by atoms with Gasteiger partial charge in [-0.15, -0.1) is 0 Å². The molecule has 2 aliphatic rings. The minimum Gasteiger partial charge on any atom is -0.319 e. The number of likely N-dealkylation sites (N-methyl/N-ethyl adjacent to an activating group) is 1. The lowest BCUT2D eigenvalue weighted by atomic mass is 9.79. The van der Waals surface area contributed by atoms with Crippen LogP contribution in [0, 0.1) is 24.7 Å². The van der Waals surface area contributed by atoms with Crippen molar-refractivity contribution in [1.29, 1.82) is 0 Å². The predicted octanol–water partition coefficient (Wildman–Crippen LogP) is 4.12. The van der Waals surface area contributed by atoms with Crippen molar-refractivity contribution in [2.45, 2.75) is 44.9 Å². The van der Waals surface area contributed by atoms with Gasteiger partial charge in [-0.3, -0.25) is 0 Å². The first kappa shape index (κ1) is 13.2. The van der Waals surface area contributed by atoms with Gasteiger partial charge in [0.2, 0.25) is 0 Å². The van der Waals surface area contributed by atoms with E-state index in [1.165, 1.54) is 37.7 Å². The van der Waals surface area contributed by atoms with Crippen molar-refractivity contribution in [3.8, 4) is 0 Å². The number of nitrogens with one attached hydrogen (secondary N) is 1. The SMILES string of the molecule is CNCC(CC1CC2CCC1C2)c1ccccc1C. The van der Waals surface area contributed by atoms with Crippen LogP contribution in [0.15, 0.2) is 24.3 Å². The van der Waals surface area contributed by atoms with Gasteiger partial charge in [0.05, 0.1) is 0 Å². The molecule has 1 nitrogen and oxygen atoms in total. The van der Waals surface area contributed by atoms with Crippen LogP contribution in [0.5, 0.6) is 0 Å². The molecule has 0 radical (unpaired) electrons. The standard InChI is InChI=1S/C18H27N/c1-13-5-3-4-6-18(13)17(12-19-2)11-16-10-14-7-8-15(16)9-14/h3-6,14-17,19H,7-12H2,1-2H3. The van der Waals surface area contributed by atoms with Gasteiger partial charge in [0, 0.05) is 6.54 Å². The van der Waals surface area contributed by atoms with Crippen molar-refractivity contribution in [2.24, 2.45) is 17.8 Å². The van der Waals surface area contributed by atoms with Crippen LogP contribution in [0.4, 0.5) is 0 Å². The van der Waals surface area contributed by atoms with Crippen LogP contribution in [0.2, 0.25) is 0 Å². The molecule has 0 heterocycles. The fourth-order valence-electron chi connectivity index (χ4n) is 4.64. The molecule has 4 unspecified atom stereocenters. The molecular weight excluding hydrogens is 230 g/mol. The molecular formula is C18H27N. The summed E-state index contributed by atoms with van der Waals surface area (Å²) in [5.41, 5.74) is 3.03. The van der Waals surface area contributed by atoms with Crippen LogP contribution in [0.25, 0.3) is 0 Å². The van der Waals surface area contributed by atoms with E-state index in [4.69, 9.17) is 0 Å². The van der Waals surface area contributed by atoms with Crippen molar-refractivity contribution < 1.29 is 0 Å². The number of aryl methyl sites for hydroxylation is 1. The van der Waals surface area contributed by atoms with Gasteiger partial charge in [-0.2, -0.15) is 0 Å². The molecule has 3 rings (SSSR count). The number of hydrogen-bond donors (Lipinski definition) is 1. The first-order valence-electron chi connectivity index (χ1n) is 7.98. The van der Waals surface area contributed by atoms with E-state index >= 15 is 0 Å². The van der Waals surface area contributed by atoms with Gasteiger partial charge in [0.15, 0.2) is 0 Å². The van der Waals surface area contributed by atoms with E-state index in [2.05, 4.69) is 43.6 Å². The summed E-state index contributed by atoms with van der Waals surface area (Å²) in [7, 11) is 2.09. The molecule has 2 bridgehead atoms. The topological polar surface area (TPSA) is 12.0 Å². The summed E-state index contributed by atoms with van der Waals surface area (Å²) < 4.78 is 0. The van der Waals surface area contributed by atoms with Crippen LogP contribution < -0.4 is 5.32 Å². The highest BCUT2D eigenvalue weighted by Crippen LogP contribution is 2.51. The lowest BCUT2D eigenvalue weighted by Crippen LogP contribution is -2.22. The van der Waals surface area contributed by atoms with Crippen LogP contribution in [-0.2, 0) is 0 Å². The Bertz CT molecular complexity index is 425. The quantitative estimate of drug-likeness (QED) is 0.836. The van der Waals surface area contributed by atoms with Crippen LogP contribution in [0.3, 0.4) is 0 Å². The molecule has 104 valence electrons. The Labute approximate surface area is 117 Å². The summed E-state index contributed by atoms with van der Waals surface area (Å²) in [5, 5.41) is 3.41. The van der Waals surface area contributed by atoms with Crippen LogP contribution in [-0.4, -0.2) is 13.6 Å². The molecule has 1 aromatic rings. The zero-order valence-electron chi connectivity index (χ0n) is 12.4. The van der Waals surface area contributed by atoms with Crippen LogP contribution in [0.1, 0.15) is 49.1 Å². The summed E-state index contributed by atoms with van der Waals surface area (Å²) in [5.74, 6) is 3.82. The largest absolute Gasteiger partial charge is 0.319 e. The summed E-state index contributed by atoms with van der Waals surface area (Å²) in [4.78, 5) is 0. The minimum absolute atomic E-state index is 0.704. The molecule has 0 amide bonds. The number of hydrogen-bond acceptors (Lipinski definition) is 1. The molecule has 19 heavy (non-hydrogen) atoms. The van der Waals surface area contributed by atoms with E-state index < -0.39 is 0 Å². The van der Waals surface area contributed by atoms with E-state index in [1.807, 2.05) is 0 Å². The first-order valence-corrected chi connectivity index (χ1v) is 7.98. The highest BCUT2D eigenvalue weighted by Gasteiger charge is 2.40. The molecule has 2 aliphatic carbocycles. The molecule has 0 aliphatic heterocycles. The van der Waals surface area contributed by atoms with Gasteiger partial charge in [0.1, 0.15) is 0 Å². The number of fused-ring (bicyclic) bond motifs is 2. The second-order valence-corrected chi connectivity index (χ2v) is 6.78. The van der Waals surface area contributed by atoms with Gasteiger partial charge < -0.3 is 5.32 Å². The van der Waals surface area contributed by atoms with Crippen LogP contribution >= 0.6 is 0 Å². The Morgan fingerprint density at radius 2 is 2.05 bits per heavy atom. The Morgan fingerprint density at radius 1 is 1.21 bits per heavy atom. The van der Waals surface area contributed by atoms with Gasteiger partial charge in [-0.1, -0.05) is 30.7 Å². The maximum Gasteiger partial charge on any atom is 0.00173 e. The normalized spacial score (nSPS) is 30.7. The highest BCUT2D eigenvalue weighted by atomic mass is 14.8. The van der Waals surface area contributed by atoms with Gasteiger partial charge in [-0.05, 0) is 74.5 Å². The highest BCUT2D eigenvalue weighted by molar-refractivity contribution is 5.29. The average Bonchev–Trinajstić information content (AvgIpc) is 3.01. The van der Waals surface area contributed by atoms with Crippen molar-refractivity contribution in [3.05, 3.63) is 35.4 Å². The number of benzene rings is 1. The smallest absolute Gasteiger partial charge is 0.00173 e. The Hall–Kier alpha value is -0.820. The van der Waals surface area contributed by atoms with E-state index in [1.54, 1.807) is 5.56 Å². The summed E-state index contributed by atoms with van der Waals surface area (Å²) in [6.45, 7) is 3.39. The van der Waals surface area contributed by atoms with E-state index in [-0.39, 0.29) is 0 Å². The third-order valence-corrected chi connectivity index (χ3v) is 5.55. The number of rotatable bonds is 5. The van der Waals surface area contributed by atoms with E-state index in [0.717, 1.165) is 24.3 Å². The predicted molar refractivity (Wildman–Crippen MR) is 81.4 cm³/mol. The summed E-state index contributed by atoms with van der Waals surface area (Å²) in [6, 6.07) is 8.96. The molecule has 4 atom stereocenters. The molecule has 1 aromatic carbocycles. The molecule has 0 spiro atoms. The first-order chi connectivity index (χ1) is 9.28. The molecule has 1 N–H and O–H groups in total. The lowest BCUT2D eigenvalue weighted by Gasteiger charge is -2.27.